The van der Waals surface area contributed by atoms with Crippen LogP contribution in [-0.2, 0) is 0 Å². The molecule has 0 aliphatic heterocycles. The normalized spacial score (nSPS) is 10.9. The first-order valence-electron chi connectivity index (χ1n) is 5.33. The lowest BCUT2D eigenvalue weighted by molar-refractivity contribution is 0.307. The molecule has 0 aliphatic carbocycles. The number of aromatic nitrogens is 1. The number of benzene rings is 2. The molecule has 1 heterocycles. The molecule has 17 heavy (non-hydrogen) atoms. The van der Waals surface area contributed by atoms with Gasteiger partial charge in [-0.25, -0.2) is 0 Å². The number of fused-ring (bicyclic) bond motifs is 1. The highest BCUT2D eigenvalue weighted by molar-refractivity contribution is 5.99. The van der Waals surface area contributed by atoms with Crippen LogP contribution in [-0.4, -0.2) is 9.90 Å². The highest BCUT2D eigenvalue weighted by Gasteiger charge is 2.17. The van der Waals surface area contributed by atoms with Gasteiger partial charge >= 0.3 is 0 Å². The van der Waals surface area contributed by atoms with Gasteiger partial charge in [-0.1, -0.05) is 53.0 Å². The maximum Gasteiger partial charge on any atom is 0.229 e. The molecule has 0 saturated heterocycles. The number of rotatable bonds is 1. The lowest BCUT2D eigenvalue weighted by Crippen LogP contribution is -1.79. The minimum Gasteiger partial charge on any atom is -0.492 e. The number of hydrogen-bond donors (Lipinski definition) is 1. The van der Waals surface area contributed by atoms with Crippen molar-refractivity contribution in [3.8, 4) is 17.0 Å². The predicted octanol–water partition coefficient (Wildman–Crippen LogP) is 3.75. The molecule has 1 aromatic heterocycles. The van der Waals surface area contributed by atoms with Crippen LogP contribution >= 0.6 is 0 Å². The molecule has 0 bridgehead atoms. The second-order valence-corrected chi connectivity index (χ2v) is 3.86. The van der Waals surface area contributed by atoms with Crippen molar-refractivity contribution in [3.63, 3.8) is 0 Å². The summed E-state index contributed by atoms with van der Waals surface area (Å²) in [5.74, 6) is -0.350. The smallest absolute Gasteiger partial charge is 0.229 e. The van der Waals surface area contributed by atoms with E-state index in [0.717, 1.165) is 5.56 Å². The van der Waals surface area contributed by atoms with Gasteiger partial charge in [0, 0.05) is 5.39 Å². The molecule has 0 aliphatic rings. The molecule has 2 nitrogen and oxygen atoms in total. The van der Waals surface area contributed by atoms with E-state index in [1.807, 2.05) is 36.4 Å². The third kappa shape index (κ3) is 1.40. The Hall–Kier alpha value is -2.29. The average molecular weight is 227 g/mol. The van der Waals surface area contributed by atoms with Crippen molar-refractivity contribution >= 4 is 10.9 Å². The lowest BCUT2D eigenvalue weighted by Gasteiger charge is -1.99. The summed E-state index contributed by atoms with van der Waals surface area (Å²) < 4.78 is 13.8. The van der Waals surface area contributed by atoms with E-state index in [-0.39, 0.29) is 5.88 Å². The molecule has 0 radical (unpaired) electrons. The zero-order valence-corrected chi connectivity index (χ0v) is 8.97. The zero-order valence-electron chi connectivity index (χ0n) is 8.97. The van der Waals surface area contributed by atoms with Crippen molar-refractivity contribution in [2.45, 2.75) is 0 Å². The van der Waals surface area contributed by atoms with E-state index in [1.54, 1.807) is 18.2 Å². The first kappa shape index (κ1) is 9.90. The van der Waals surface area contributed by atoms with Crippen molar-refractivity contribution < 1.29 is 9.59 Å². The standard InChI is InChI=1S/C14H10FNO/c15-16-12-9-5-4-8-11(12)13(14(16)17)10-6-2-1-3-7-10/h1-9,17H. The van der Waals surface area contributed by atoms with E-state index in [1.165, 1.54) is 0 Å². The second-order valence-electron chi connectivity index (χ2n) is 3.86. The summed E-state index contributed by atoms with van der Waals surface area (Å²) >= 11 is 0. The van der Waals surface area contributed by atoms with Crippen LogP contribution in [0.4, 0.5) is 4.48 Å². The van der Waals surface area contributed by atoms with E-state index in [4.69, 9.17) is 0 Å². The number of halogens is 1. The third-order valence-electron chi connectivity index (χ3n) is 2.86. The van der Waals surface area contributed by atoms with Crippen LogP contribution in [0.5, 0.6) is 5.88 Å². The Bertz CT molecular complexity index is 673. The number of aromatic hydroxyl groups is 1. The lowest BCUT2D eigenvalue weighted by atomic mass is 10.0. The Morgan fingerprint density at radius 2 is 1.53 bits per heavy atom. The van der Waals surface area contributed by atoms with Gasteiger partial charge in [0.2, 0.25) is 5.88 Å². The van der Waals surface area contributed by atoms with Crippen LogP contribution in [0.1, 0.15) is 0 Å². The topological polar surface area (TPSA) is 25.2 Å². The molecule has 0 amide bonds. The van der Waals surface area contributed by atoms with Crippen LogP contribution in [0.15, 0.2) is 54.6 Å². The molecule has 3 rings (SSSR count). The summed E-state index contributed by atoms with van der Waals surface area (Å²) in [6, 6.07) is 16.3. The maximum absolute atomic E-state index is 13.8. The minimum absolute atomic E-state index is 0.317. The molecule has 0 unspecified atom stereocenters. The first-order chi connectivity index (χ1) is 8.29. The van der Waals surface area contributed by atoms with E-state index < -0.39 is 0 Å². The summed E-state index contributed by atoms with van der Waals surface area (Å²) in [6.45, 7) is 0. The van der Waals surface area contributed by atoms with Crippen molar-refractivity contribution in [1.82, 2.24) is 4.79 Å². The Morgan fingerprint density at radius 1 is 0.882 bits per heavy atom. The summed E-state index contributed by atoms with van der Waals surface area (Å²) in [6.07, 6.45) is 0. The zero-order chi connectivity index (χ0) is 11.8. The van der Waals surface area contributed by atoms with Gasteiger partial charge in [0.25, 0.3) is 0 Å². The second kappa shape index (κ2) is 3.63. The Morgan fingerprint density at radius 3 is 2.29 bits per heavy atom. The van der Waals surface area contributed by atoms with E-state index in [0.29, 0.717) is 21.3 Å². The monoisotopic (exact) mass is 227 g/mol. The van der Waals surface area contributed by atoms with Crippen LogP contribution in [0.25, 0.3) is 22.0 Å². The molecule has 1 N–H and O–H groups in total. The molecule has 0 spiro atoms. The molecular weight excluding hydrogens is 217 g/mol. The fourth-order valence-electron chi connectivity index (χ4n) is 2.08. The summed E-state index contributed by atoms with van der Waals surface area (Å²) in [5.41, 5.74) is 1.71. The van der Waals surface area contributed by atoms with Crippen LogP contribution in [0, 0.1) is 0 Å². The predicted molar refractivity (Wildman–Crippen MR) is 65.5 cm³/mol. The fraction of sp³-hybridized carbons (Fsp3) is 0. The molecular formula is C14H10FNO. The maximum atomic E-state index is 13.8. The number of hydrogen-bond acceptors (Lipinski definition) is 1. The van der Waals surface area contributed by atoms with Gasteiger partial charge in [-0.3, -0.25) is 0 Å². The summed E-state index contributed by atoms with van der Waals surface area (Å²) in [7, 11) is 0. The number of para-hydroxylation sites is 1. The van der Waals surface area contributed by atoms with Crippen molar-refractivity contribution in [1.29, 1.82) is 0 Å². The Labute approximate surface area is 97.5 Å². The molecule has 0 saturated carbocycles. The van der Waals surface area contributed by atoms with Crippen molar-refractivity contribution in [2.75, 3.05) is 0 Å². The van der Waals surface area contributed by atoms with E-state index in [2.05, 4.69) is 0 Å². The van der Waals surface area contributed by atoms with Gasteiger partial charge < -0.3 is 5.11 Å². The van der Waals surface area contributed by atoms with Crippen molar-refractivity contribution in [2.24, 2.45) is 0 Å². The van der Waals surface area contributed by atoms with Gasteiger partial charge in [0.1, 0.15) is 0 Å². The van der Waals surface area contributed by atoms with Crippen LogP contribution < -0.4 is 0 Å². The van der Waals surface area contributed by atoms with Gasteiger partial charge in [0.15, 0.2) is 0 Å². The molecule has 0 fully saturated rings. The summed E-state index contributed by atoms with van der Waals surface area (Å²) in [5, 5.41) is 10.6. The fourth-order valence-corrected chi connectivity index (χ4v) is 2.08. The van der Waals surface area contributed by atoms with Gasteiger partial charge in [-0.2, -0.15) is 0 Å². The molecule has 2 aromatic carbocycles. The van der Waals surface area contributed by atoms with Crippen LogP contribution in [0.3, 0.4) is 0 Å². The first-order valence-corrected chi connectivity index (χ1v) is 5.33. The Balaban J connectivity index is 2.41. The highest BCUT2D eigenvalue weighted by Crippen LogP contribution is 2.39. The van der Waals surface area contributed by atoms with Crippen molar-refractivity contribution in [3.05, 3.63) is 54.6 Å². The molecule has 0 atom stereocenters. The van der Waals surface area contributed by atoms with Gasteiger partial charge in [0.05, 0.1) is 11.1 Å². The largest absolute Gasteiger partial charge is 0.492 e. The summed E-state index contributed by atoms with van der Waals surface area (Å²) in [4.78, 5) is 0.317. The van der Waals surface area contributed by atoms with E-state index >= 15 is 0 Å². The molecule has 84 valence electrons. The third-order valence-corrected chi connectivity index (χ3v) is 2.86. The number of nitrogens with zero attached hydrogens (tertiary/aromatic N) is 1. The quantitative estimate of drug-likeness (QED) is 0.673. The van der Waals surface area contributed by atoms with Gasteiger partial charge in [-0.05, 0) is 11.6 Å². The van der Waals surface area contributed by atoms with Gasteiger partial charge in [-0.15, -0.1) is 4.79 Å². The molecule has 3 aromatic rings. The highest BCUT2D eigenvalue weighted by atomic mass is 19.2. The average Bonchev–Trinajstić information content (AvgIpc) is 2.64. The Kier molecular flexibility index (Phi) is 2.11. The van der Waals surface area contributed by atoms with Crippen LogP contribution in [0.2, 0.25) is 0 Å². The molecule has 3 heteroatoms. The minimum atomic E-state index is -0.350. The van der Waals surface area contributed by atoms with E-state index in [9.17, 15) is 9.59 Å². The SMILES string of the molecule is Oc1c(-c2ccccc2)c2ccccc2n1F.